The number of hydrogen-bond donors (Lipinski definition) is 1. The van der Waals surface area contributed by atoms with Crippen molar-refractivity contribution in [3.63, 3.8) is 0 Å². The van der Waals surface area contributed by atoms with Crippen LogP contribution in [0.1, 0.15) is 107 Å². The zero-order chi connectivity index (χ0) is 31.0. The van der Waals surface area contributed by atoms with Crippen molar-refractivity contribution < 1.29 is 9.47 Å². The Bertz CT molecular complexity index is 1220. The van der Waals surface area contributed by atoms with Gasteiger partial charge in [-0.05, 0) is 62.1 Å². The van der Waals surface area contributed by atoms with E-state index in [1.165, 1.54) is 27.9 Å². The molecule has 1 aliphatic carbocycles. The topological polar surface area (TPSA) is 65.5 Å². The van der Waals surface area contributed by atoms with Crippen LogP contribution in [0.2, 0.25) is 0 Å². The minimum absolute atomic E-state index is 0.00873. The third-order valence-corrected chi connectivity index (χ3v) is 8.71. The molecule has 3 aromatic rings. The van der Waals surface area contributed by atoms with Crippen LogP contribution < -0.4 is 10.6 Å². The molecule has 1 aromatic heterocycles. The lowest BCUT2D eigenvalue weighted by Gasteiger charge is -2.51. The summed E-state index contributed by atoms with van der Waals surface area (Å²) in [7, 11) is 3.67. The molecule has 3 atom stereocenters. The first-order valence-electron chi connectivity index (χ1n) is 15.9. The molecule has 6 nitrogen and oxygen atoms in total. The molecule has 1 heterocycles. The zero-order valence-corrected chi connectivity index (χ0v) is 27.9. The molecule has 0 aliphatic heterocycles. The minimum atomic E-state index is -0.0941. The maximum absolute atomic E-state index is 6.25. The SMILES string of the molecule is CC.CCC(CCN)n1cc(C2C(OC)C(c3ccc(N(CC)Cc4ccccc4)cc3C)C2OC)c(C(C)(C)C)n1. The van der Waals surface area contributed by atoms with Crippen LogP contribution in [0.5, 0.6) is 0 Å². The molecule has 0 amide bonds. The van der Waals surface area contributed by atoms with Crippen LogP contribution in [0.15, 0.2) is 54.7 Å². The van der Waals surface area contributed by atoms with Crippen LogP contribution in [0, 0.1) is 6.92 Å². The Hall–Kier alpha value is -2.67. The average Bonchev–Trinajstić information content (AvgIpc) is 3.42. The molecule has 2 N–H and O–H groups in total. The number of aryl methyl sites for hydroxylation is 1. The highest BCUT2D eigenvalue weighted by Crippen LogP contribution is 2.53. The number of hydrogen-bond acceptors (Lipinski definition) is 5. The van der Waals surface area contributed by atoms with Gasteiger partial charge in [-0.15, -0.1) is 0 Å². The normalized spacial score (nSPS) is 20.8. The Morgan fingerprint density at radius 2 is 1.57 bits per heavy atom. The van der Waals surface area contributed by atoms with Crippen molar-refractivity contribution in [2.75, 3.05) is 32.2 Å². The highest BCUT2D eigenvalue weighted by atomic mass is 16.5. The number of benzene rings is 2. The second kappa shape index (κ2) is 15.2. The molecule has 1 saturated carbocycles. The lowest BCUT2D eigenvalue weighted by Crippen LogP contribution is -2.54. The van der Waals surface area contributed by atoms with Crippen LogP contribution >= 0.6 is 0 Å². The first-order valence-corrected chi connectivity index (χ1v) is 15.9. The second-order valence-corrected chi connectivity index (χ2v) is 12.3. The maximum atomic E-state index is 6.25. The van der Waals surface area contributed by atoms with Gasteiger partial charge in [-0.25, -0.2) is 0 Å². The standard InChI is InChI=1S/C34H50N4O2.C2H6/c1-9-25(18-19-35)38-22-28(33(36-38)34(4,5)6)30-31(39-7)29(32(30)40-8)27-17-16-26(20-23(27)3)37(10-2)21-24-14-12-11-13-15-24;1-2/h11-17,20,22,25,29-32H,9-10,18-19,21,35H2,1-8H3;1-2H3. The Morgan fingerprint density at radius 1 is 0.952 bits per heavy atom. The fourth-order valence-electron chi connectivity index (χ4n) is 6.53. The molecular weight excluding hydrogens is 520 g/mol. The van der Waals surface area contributed by atoms with E-state index in [4.69, 9.17) is 20.3 Å². The molecule has 0 spiro atoms. The van der Waals surface area contributed by atoms with Gasteiger partial charge >= 0.3 is 0 Å². The third-order valence-electron chi connectivity index (χ3n) is 8.71. The van der Waals surface area contributed by atoms with Gasteiger partial charge in [0.2, 0.25) is 0 Å². The minimum Gasteiger partial charge on any atom is -0.380 e. The van der Waals surface area contributed by atoms with Crippen LogP contribution in [0.3, 0.4) is 0 Å². The number of ether oxygens (including phenoxy) is 2. The molecule has 0 saturated heterocycles. The molecule has 1 fully saturated rings. The first kappa shape index (κ1) is 33.8. The summed E-state index contributed by atoms with van der Waals surface area (Å²) in [5.41, 5.74) is 13.4. The number of aromatic nitrogens is 2. The van der Waals surface area contributed by atoms with E-state index >= 15 is 0 Å². The maximum Gasteiger partial charge on any atom is 0.0759 e. The second-order valence-electron chi connectivity index (χ2n) is 12.3. The van der Waals surface area contributed by atoms with Crippen molar-refractivity contribution in [2.24, 2.45) is 5.73 Å². The van der Waals surface area contributed by atoms with E-state index in [0.717, 1.165) is 31.6 Å². The smallest absolute Gasteiger partial charge is 0.0759 e. The fourth-order valence-corrected chi connectivity index (χ4v) is 6.53. The van der Waals surface area contributed by atoms with Crippen molar-refractivity contribution >= 4 is 5.69 Å². The van der Waals surface area contributed by atoms with Gasteiger partial charge in [-0.1, -0.05) is 77.9 Å². The van der Waals surface area contributed by atoms with Crippen LogP contribution in [-0.2, 0) is 21.4 Å². The zero-order valence-electron chi connectivity index (χ0n) is 27.9. The highest BCUT2D eigenvalue weighted by Gasteiger charge is 2.55. The number of nitrogens with two attached hydrogens (primary N) is 1. The summed E-state index contributed by atoms with van der Waals surface area (Å²) >= 11 is 0. The molecule has 1 aliphatic rings. The fraction of sp³-hybridized carbons (Fsp3) is 0.583. The van der Waals surface area contributed by atoms with Crippen LogP contribution in [0.25, 0.3) is 0 Å². The van der Waals surface area contributed by atoms with E-state index in [0.29, 0.717) is 12.6 Å². The third kappa shape index (κ3) is 7.10. The van der Waals surface area contributed by atoms with Crippen molar-refractivity contribution in [1.82, 2.24) is 9.78 Å². The number of methoxy groups -OCH3 is 2. The van der Waals surface area contributed by atoms with Crippen molar-refractivity contribution in [1.29, 1.82) is 0 Å². The lowest BCUT2D eigenvalue weighted by atomic mass is 9.61. The van der Waals surface area contributed by atoms with Crippen LogP contribution in [-0.4, -0.2) is 49.3 Å². The van der Waals surface area contributed by atoms with E-state index < -0.39 is 0 Å². The van der Waals surface area contributed by atoms with Gasteiger partial charge in [0, 0.05) is 62.0 Å². The predicted molar refractivity (Wildman–Crippen MR) is 177 cm³/mol. The summed E-state index contributed by atoms with van der Waals surface area (Å²) in [6, 6.07) is 17.8. The van der Waals surface area contributed by atoms with Crippen LogP contribution in [0.4, 0.5) is 5.69 Å². The van der Waals surface area contributed by atoms with Gasteiger partial charge in [-0.2, -0.15) is 5.10 Å². The molecule has 42 heavy (non-hydrogen) atoms. The van der Waals surface area contributed by atoms with Gasteiger partial charge < -0.3 is 20.1 Å². The molecule has 232 valence electrons. The highest BCUT2D eigenvalue weighted by molar-refractivity contribution is 5.53. The quantitative estimate of drug-likeness (QED) is 0.239. The van der Waals surface area contributed by atoms with Crippen molar-refractivity contribution in [2.45, 2.75) is 110 Å². The Labute approximate surface area is 255 Å². The Morgan fingerprint density at radius 3 is 2.07 bits per heavy atom. The summed E-state index contributed by atoms with van der Waals surface area (Å²) in [5.74, 6) is 0.267. The summed E-state index contributed by atoms with van der Waals surface area (Å²) in [6.07, 6.45) is 4.19. The van der Waals surface area contributed by atoms with Gasteiger partial charge in [0.15, 0.2) is 0 Å². The summed E-state index contributed by atoms with van der Waals surface area (Å²) in [4.78, 5) is 2.42. The summed E-state index contributed by atoms with van der Waals surface area (Å²) in [5, 5.41) is 5.15. The molecule has 6 heteroatoms. The van der Waals surface area contributed by atoms with Gasteiger partial charge in [0.25, 0.3) is 0 Å². The van der Waals surface area contributed by atoms with Crippen molar-refractivity contribution in [3.05, 3.63) is 82.7 Å². The predicted octanol–water partition coefficient (Wildman–Crippen LogP) is 7.75. The molecular formula is C36H56N4O2. The van der Waals surface area contributed by atoms with E-state index in [1.54, 1.807) is 0 Å². The lowest BCUT2D eigenvalue weighted by molar-refractivity contribution is -0.116. The molecule has 3 unspecified atom stereocenters. The van der Waals surface area contributed by atoms with Gasteiger partial charge in [0.1, 0.15) is 0 Å². The number of anilines is 1. The summed E-state index contributed by atoms with van der Waals surface area (Å²) < 4.78 is 14.7. The average molecular weight is 577 g/mol. The Balaban J connectivity index is 0.00000237. The molecule has 0 bridgehead atoms. The van der Waals surface area contributed by atoms with E-state index in [2.05, 4.69) is 106 Å². The van der Waals surface area contributed by atoms with E-state index in [1.807, 2.05) is 28.1 Å². The Kier molecular flexibility index (Phi) is 12.2. The number of rotatable bonds is 12. The number of nitrogens with zero attached hydrogens (tertiary/aromatic N) is 3. The van der Waals surface area contributed by atoms with E-state index in [9.17, 15) is 0 Å². The molecule has 2 aromatic carbocycles. The summed E-state index contributed by atoms with van der Waals surface area (Å²) in [6.45, 7) is 19.9. The monoisotopic (exact) mass is 576 g/mol. The molecule has 4 rings (SSSR count). The van der Waals surface area contributed by atoms with Crippen molar-refractivity contribution in [3.8, 4) is 0 Å². The van der Waals surface area contributed by atoms with E-state index in [-0.39, 0.29) is 29.5 Å². The largest absolute Gasteiger partial charge is 0.380 e. The first-order chi connectivity index (χ1) is 20.2. The van der Waals surface area contributed by atoms with Gasteiger partial charge in [-0.3, -0.25) is 4.68 Å². The molecule has 0 radical (unpaired) electrons. The van der Waals surface area contributed by atoms with Gasteiger partial charge in [0.05, 0.1) is 23.9 Å².